The van der Waals surface area contributed by atoms with E-state index in [9.17, 15) is 0 Å². The molecule has 0 N–H and O–H groups in total. The second-order valence-electron chi connectivity index (χ2n) is 17.7. The Morgan fingerprint density at radius 3 is 1.82 bits per heavy atom. The minimum absolute atomic E-state index is 0.0826. The van der Waals surface area contributed by atoms with E-state index in [-0.39, 0.29) is 16.2 Å². The van der Waals surface area contributed by atoms with Crippen LogP contribution < -0.4 is 4.90 Å². The van der Waals surface area contributed by atoms with Crippen LogP contribution in [-0.2, 0) is 16.2 Å². The van der Waals surface area contributed by atoms with Gasteiger partial charge in [-0.05, 0) is 154 Å². The Morgan fingerprint density at radius 2 is 1.08 bits per heavy atom. The van der Waals surface area contributed by atoms with E-state index >= 15 is 0 Å². The van der Waals surface area contributed by atoms with Crippen LogP contribution in [0.25, 0.3) is 22.3 Å². The smallest absolute Gasteiger partial charge is 0.0502 e. The highest BCUT2D eigenvalue weighted by atomic mass is 15.1. The van der Waals surface area contributed by atoms with Gasteiger partial charge in [-0.2, -0.15) is 0 Å². The van der Waals surface area contributed by atoms with E-state index in [1.165, 1.54) is 95.4 Å². The van der Waals surface area contributed by atoms with Crippen molar-refractivity contribution in [3.8, 4) is 22.3 Å². The summed E-state index contributed by atoms with van der Waals surface area (Å²) in [6, 6.07) is 44.5. The van der Waals surface area contributed by atoms with Crippen LogP contribution in [0.3, 0.4) is 0 Å². The fourth-order valence-electron chi connectivity index (χ4n) is 12.0. The Bertz CT molecular complexity index is 2050. The monoisotopic (exact) mass is 639 g/mol. The van der Waals surface area contributed by atoms with E-state index < -0.39 is 0 Å². The number of hydrogen-bond acceptors (Lipinski definition) is 1. The van der Waals surface area contributed by atoms with E-state index in [0.29, 0.717) is 0 Å². The molecule has 6 aliphatic rings. The first-order chi connectivity index (χ1) is 23.7. The molecule has 1 spiro atoms. The number of fused-ring (bicyclic) bond motifs is 4. The van der Waals surface area contributed by atoms with E-state index in [4.69, 9.17) is 0 Å². The van der Waals surface area contributed by atoms with Gasteiger partial charge in [0, 0.05) is 16.8 Å². The van der Waals surface area contributed by atoms with E-state index in [1.807, 2.05) is 0 Å². The van der Waals surface area contributed by atoms with Crippen LogP contribution in [0, 0.1) is 23.7 Å². The summed E-state index contributed by atoms with van der Waals surface area (Å²) in [6.07, 6.45) is 9.52. The summed E-state index contributed by atoms with van der Waals surface area (Å²) in [5.41, 5.74) is 16.1. The second-order valence-corrected chi connectivity index (χ2v) is 17.7. The maximum Gasteiger partial charge on any atom is 0.0502 e. The second kappa shape index (κ2) is 10.5. The average Bonchev–Trinajstić information content (AvgIpc) is 3.40. The summed E-state index contributed by atoms with van der Waals surface area (Å²) in [7, 11) is 0. The fourth-order valence-corrected chi connectivity index (χ4v) is 12.0. The molecule has 0 amide bonds. The SMILES string of the molecule is CC1(C)CCC(C)(C)c2c(N(c3ccc(-c4ccccc4)cc3)c3ccc4c(c3)C3(c5ccccc5-4)C4CC5CC(C4)CC3C5)cccc21. The summed E-state index contributed by atoms with van der Waals surface area (Å²) in [5, 5.41) is 0. The van der Waals surface area contributed by atoms with Crippen molar-refractivity contribution in [1.82, 2.24) is 0 Å². The van der Waals surface area contributed by atoms with Gasteiger partial charge in [-0.1, -0.05) is 113 Å². The number of benzene rings is 5. The van der Waals surface area contributed by atoms with Crippen molar-refractivity contribution < 1.29 is 0 Å². The summed E-state index contributed by atoms with van der Waals surface area (Å²) in [5.74, 6) is 3.38. The Hall–Kier alpha value is -4.10. The quantitative estimate of drug-likeness (QED) is 0.189. The average molecular weight is 640 g/mol. The van der Waals surface area contributed by atoms with Crippen molar-refractivity contribution in [2.75, 3.05) is 4.90 Å². The molecule has 1 nitrogen and oxygen atoms in total. The van der Waals surface area contributed by atoms with Gasteiger partial charge >= 0.3 is 0 Å². The topological polar surface area (TPSA) is 3.24 Å². The van der Waals surface area contributed by atoms with Gasteiger partial charge in [0.1, 0.15) is 0 Å². The number of nitrogens with zero attached hydrogens (tertiary/aromatic N) is 1. The predicted molar refractivity (Wildman–Crippen MR) is 205 cm³/mol. The third-order valence-electron chi connectivity index (χ3n) is 14.1. The third kappa shape index (κ3) is 4.24. The Balaban J connectivity index is 1.20. The molecule has 0 radical (unpaired) electrons. The van der Waals surface area contributed by atoms with Gasteiger partial charge in [-0.15, -0.1) is 0 Å². The lowest BCUT2D eigenvalue weighted by Gasteiger charge is -2.61. The first-order valence-electron chi connectivity index (χ1n) is 19.1. The Kier molecular flexibility index (Phi) is 6.36. The Morgan fingerprint density at radius 1 is 0.490 bits per heavy atom. The summed E-state index contributed by atoms with van der Waals surface area (Å²) >= 11 is 0. The molecule has 0 saturated heterocycles. The van der Waals surface area contributed by atoms with Crippen molar-refractivity contribution in [3.05, 3.63) is 138 Å². The third-order valence-corrected chi connectivity index (χ3v) is 14.1. The van der Waals surface area contributed by atoms with Gasteiger partial charge in [0.25, 0.3) is 0 Å². The van der Waals surface area contributed by atoms with Crippen LogP contribution in [0.2, 0.25) is 0 Å². The molecule has 0 aromatic heterocycles. The predicted octanol–water partition coefficient (Wildman–Crippen LogP) is 12.9. The molecule has 0 aliphatic heterocycles. The number of rotatable bonds is 4. The van der Waals surface area contributed by atoms with Gasteiger partial charge in [0.15, 0.2) is 0 Å². The van der Waals surface area contributed by atoms with E-state index in [0.717, 1.165) is 23.7 Å². The summed E-state index contributed by atoms with van der Waals surface area (Å²) in [6.45, 7) is 9.85. The zero-order valence-electron chi connectivity index (χ0n) is 29.7. The van der Waals surface area contributed by atoms with Crippen LogP contribution in [0.4, 0.5) is 17.1 Å². The highest BCUT2D eigenvalue weighted by molar-refractivity contribution is 5.88. The molecule has 246 valence electrons. The molecule has 6 aliphatic carbocycles. The molecule has 0 unspecified atom stereocenters. The first-order valence-corrected chi connectivity index (χ1v) is 19.1. The summed E-state index contributed by atoms with van der Waals surface area (Å²) < 4.78 is 0. The molecule has 0 heterocycles. The summed E-state index contributed by atoms with van der Waals surface area (Å²) in [4.78, 5) is 2.63. The molecule has 4 bridgehead atoms. The zero-order chi connectivity index (χ0) is 33.1. The zero-order valence-corrected chi connectivity index (χ0v) is 29.7. The van der Waals surface area contributed by atoms with Crippen molar-refractivity contribution in [3.63, 3.8) is 0 Å². The van der Waals surface area contributed by atoms with Crippen molar-refractivity contribution in [2.45, 2.75) is 88.9 Å². The maximum absolute atomic E-state index is 2.67. The fraction of sp³-hybridized carbons (Fsp3) is 0.375. The number of hydrogen-bond donors (Lipinski definition) is 0. The van der Waals surface area contributed by atoms with Gasteiger partial charge < -0.3 is 4.90 Å². The van der Waals surface area contributed by atoms with Crippen LogP contribution in [-0.4, -0.2) is 0 Å². The lowest BCUT2D eigenvalue weighted by Crippen LogP contribution is -2.55. The van der Waals surface area contributed by atoms with Crippen molar-refractivity contribution in [2.24, 2.45) is 23.7 Å². The lowest BCUT2D eigenvalue weighted by atomic mass is 9.43. The lowest BCUT2D eigenvalue weighted by molar-refractivity contribution is -0.0399. The molecule has 11 rings (SSSR count). The normalized spacial score (nSPS) is 27.8. The molecular weight excluding hydrogens is 591 g/mol. The maximum atomic E-state index is 2.67. The van der Waals surface area contributed by atoms with Crippen LogP contribution in [0.5, 0.6) is 0 Å². The first kappa shape index (κ1) is 29.8. The molecule has 5 aromatic carbocycles. The largest absolute Gasteiger partial charge is 0.310 e. The van der Waals surface area contributed by atoms with Gasteiger partial charge in [0.05, 0.1) is 5.69 Å². The van der Waals surface area contributed by atoms with Crippen molar-refractivity contribution in [1.29, 1.82) is 0 Å². The van der Waals surface area contributed by atoms with Gasteiger partial charge in [-0.3, -0.25) is 0 Å². The molecule has 5 aromatic rings. The highest BCUT2D eigenvalue weighted by Gasteiger charge is 2.61. The Labute approximate surface area is 293 Å². The highest BCUT2D eigenvalue weighted by Crippen LogP contribution is 2.69. The molecule has 49 heavy (non-hydrogen) atoms. The van der Waals surface area contributed by atoms with Gasteiger partial charge in [-0.25, -0.2) is 0 Å². The molecule has 4 fully saturated rings. The van der Waals surface area contributed by atoms with Crippen LogP contribution in [0.15, 0.2) is 115 Å². The van der Waals surface area contributed by atoms with Crippen LogP contribution in [0.1, 0.15) is 94.9 Å². The van der Waals surface area contributed by atoms with Crippen LogP contribution >= 0.6 is 0 Å². The standard InChI is InChI=1S/C48H49N/c1-46(2)23-24-47(3,4)45-42(46)15-10-16-44(45)49(37-19-17-34(18-20-37)33-11-6-5-7-12-33)38-21-22-40-39-13-8-9-14-41(39)48(43(40)30-38)35-26-31-25-32(28-35)29-36(48)27-31/h5-22,30-32,35-36H,23-29H2,1-4H3. The van der Waals surface area contributed by atoms with Crippen molar-refractivity contribution >= 4 is 17.1 Å². The number of anilines is 3. The molecule has 1 heteroatoms. The molecule has 4 saturated carbocycles. The molecule has 0 atom stereocenters. The van der Waals surface area contributed by atoms with Gasteiger partial charge in [0.2, 0.25) is 0 Å². The minimum atomic E-state index is 0.0826. The molecular formula is C48H49N. The minimum Gasteiger partial charge on any atom is -0.310 e. The van der Waals surface area contributed by atoms with E-state index in [2.05, 4.69) is 148 Å². The van der Waals surface area contributed by atoms with E-state index in [1.54, 1.807) is 11.1 Å².